The standard InChI is InChI=1S/C22H28N4O3/c27-20(15-26-13-17-3-1-2-4-18(17)14-26)12-24-22(28)16-5-8-23-21(11-16)25-19-6-9-29-10-7-19/h1-5,8,11,19-20,27H,6-7,9-10,12-15H2,(H,23,25)(H,24,28). The molecule has 1 unspecified atom stereocenters. The van der Waals surface area contributed by atoms with Crippen molar-refractivity contribution < 1.29 is 14.6 Å². The van der Waals surface area contributed by atoms with Crippen LogP contribution >= 0.6 is 0 Å². The summed E-state index contributed by atoms with van der Waals surface area (Å²) in [5.41, 5.74) is 3.16. The number of carbonyl (C=O) groups is 1. The molecule has 4 rings (SSSR count). The van der Waals surface area contributed by atoms with Crippen LogP contribution in [-0.2, 0) is 17.8 Å². The number of β-amino-alcohol motifs (C(OH)–C–C–N with tert-alkyl or cyclic N) is 1. The van der Waals surface area contributed by atoms with Crippen LogP contribution in [0.3, 0.4) is 0 Å². The molecule has 0 saturated carbocycles. The van der Waals surface area contributed by atoms with Crippen LogP contribution in [0.25, 0.3) is 0 Å². The monoisotopic (exact) mass is 396 g/mol. The van der Waals surface area contributed by atoms with Gasteiger partial charge in [0.15, 0.2) is 0 Å². The SMILES string of the molecule is O=C(NCC(O)CN1Cc2ccccc2C1)c1ccnc(NC2CCOCC2)c1. The van der Waals surface area contributed by atoms with Gasteiger partial charge in [-0.3, -0.25) is 9.69 Å². The summed E-state index contributed by atoms with van der Waals surface area (Å²) in [5, 5.41) is 16.6. The molecule has 2 aromatic rings. The van der Waals surface area contributed by atoms with Crippen molar-refractivity contribution in [2.45, 2.75) is 38.1 Å². The van der Waals surface area contributed by atoms with Crippen LogP contribution in [-0.4, -0.2) is 59.3 Å². The summed E-state index contributed by atoms with van der Waals surface area (Å²) in [7, 11) is 0. The van der Waals surface area contributed by atoms with Crippen LogP contribution in [0.1, 0.15) is 34.3 Å². The zero-order chi connectivity index (χ0) is 20.1. The van der Waals surface area contributed by atoms with E-state index < -0.39 is 6.10 Å². The molecule has 7 nitrogen and oxygen atoms in total. The lowest BCUT2D eigenvalue weighted by atomic mass is 10.1. The van der Waals surface area contributed by atoms with Gasteiger partial charge in [-0.25, -0.2) is 4.98 Å². The number of aromatic nitrogens is 1. The van der Waals surface area contributed by atoms with E-state index in [4.69, 9.17) is 4.74 Å². The first-order valence-corrected chi connectivity index (χ1v) is 10.2. The zero-order valence-corrected chi connectivity index (χ0v) is 16.5. The number of rotatable bonds is 7. The lowest BCUT2D eigenvalue weighted by molar-refractivity contribution is 0.0855. The smallest absolute Gasteiger partial charge is 0.251 e. The van der Waals surface area contributed by atoms with Gasteiger partial charge in [0, 0.05) is 57.2 Å². The maximum absolute atomic E-state index is 12.5. The molecule has 29 heavy (non-hydrogen) atoms. The van der Waals surface area contributed by atoms with Gasteiger partial charge in [-0.2, -0.15) is 0 Å². The molecule has 2 aliphatic rings. The summed E-state index contributed by atoms with van der Waals surface area (Å²) in [6.45, 7) is 3.92. The van der Waals surface area contributed by atoms with Gasteiger partial charge in [0.25, 0.3) is 5.91 Å². The van der Waals surface area contributed by atoms with E-state index in [9.17, 15) is 9.90 Å². The Kier molecular flexibility index (Phi) is 6.39. The average molecular weight is 396 g/mol. The molecule has 1 saturated heterocycles. The molecule has 1 aromatic carbocycles. The number of nitrogens with zero attached hydrogens (tertiary/aromatic N) is 2. The third-order valence-electron chi connectivity index (χ3n) is 5.47. The largest absolute Gasteiger partial charge is 0.390 e. The van der Waals surface area contributed by atoms with Crippen molar-refractivity contribution in [3.8, 4) is 0 Å². The van der Waals surface area contributed by atoms with Crippen LogP contribution in [0.2, 0.25) is 0 Å². The van der Waals surface area contributed by atoms with Crippen LogP contribution in [0.15, 0.2) is 42.6 Å². The van der Waals surface area contributed by atoms with Gasteiger partial charge in [-0.15, -0.1) is 0 Å². The Labute approximate surface area is 171 Å². The van der Waals surface area contributed by atoms with Gasteiger partial charge in [-0.05, 0) is 36.1 Å². The molecule has 2 aliphatic heterocycles. The van der Waals surface area contributed by atoms with E-state index in [2.05, 4.69) is 32.7 Å². The number of fused-ring (bicyclic) bond motifs is 1. The van der Waals surface area contributed by atoms with E-state index in [0.29, 0.717) is 24.0 Å². The molecular formula is C22H28N4O3. The fraction of sp³-hybridized carbons (Fsp3) is 0.455. The first kappa shape index (κ1) is 19.8. The summed E-state index contributed by atoms with van der Waals surface area (Å²) >= 11 is 0. The third kappa shape index (κ3) is 5.32. The molecule has 1 aromatic heterocycles. The number of amides is 1. The second kappa shape index (κ2) is 9.35. The molecule has 0 aliphatic carbocycles. The molecule has 1 amide bonds. The maximum atomic E-state index is 12.5. The lowest BCUT2D eigenvalue weighted by Crippen LogP contribution is -2.38. The summed E-state index contributed by atoms with van der Waals surface area (Å²) in [6.07, 6.45) is 2.89. The third-order valence-corrected chi connectivity index (χ3v) is 5.47. The van der Waals surface area contributed by atoms with Crippen molar-refractivity contribution in [1.82, 2.24) is 15.2 Å². The number of ether oxygens (including phenoxy) is 1. The highest BCUT2D eigenvalue weighted by atomic mass is 16.5. The predicted octanol–water partition coefficient (Wildman–Crippen LogP) is 1.78. The van der Waals surface area contributed by atoms with Gasteiger partial charge in [0.1, 0.15) is 5.82 Å². The minimum atomic E-state index is -0.616. The Hall–Kier alpha value is -2.48. The van der Waals surface area contributed by atoms with Crippen molar-refractivity contribution in [3.63, 3.8) is 0 Å². The fourth-order valence-corrected chi connectivity index (χ4v) is 3.91. The number of carbonyl (C=O) groups excluding carboxylic acids is 1. The topological polar surface area (TPSA) is 86.7 Å². The summed E-state index contributed by atoms with van der Waals surface area (Å²) in [4.78, 5) is 19.0. The van der Waals surface area contributed by atoms with Gasteiger partial charge in [0.2, 0.25) is 0 Å². The Bertz CT molecular complexity index is 813. The van der Waals surface area contributed by atoms with Crippen molar-refractivity contribution in [2.24, 2.45) is 0 Å². The molecule has 1 atom stereocenters. The Balaban J connectivity index is 1.24. The Morgan fingerprint density at radius 1 is 1.21 bits per heavy atom. The number of aliphatic hydroxyl groups excluding tert-OH is 1. The van der Waals surface area contributed by atoms with E-state index in [0.717, 1.165) is 39.1 Å². The van der Waals surface area contributed by atoms with Crippen molar-refractivity contribution >= 4 is 11.7 Å². The first-order valence-electron chi connectivity index (χ1n) is 10.2. The van der Waals surface area contributed by atoms with E-state index >= 15 is 0 Å². The van der Waals surface area contributed by atoms with Gasteiger partial charge >= 0.3 is 0 Å². The van der Waals surface area contributed by atoms with E-state index in [-0.39, 0.29) is 12.5 Å². The van der Waals surface area contributed by atoms with E-state index in [1.165, 1.54) is 11.1 Å². The second-order valence-electron chi connectivity index (χ2n) is 7.76. The molecule has 0 bridgehead atoms. The van der Waals surface area contributed by atoms with Gasteiger partial charge in [0.05, 0.1) is 6.10 Å². The second-order valence-corrected chi connectivity index (χ2v) is 7.76. The molecule has 154 valence electrons. The molecule has 0 radical (unpaired) electrons. The molecule has 0 spiro atoms. The highest BCUT2D eigenvalue weighted by Crippen LogP contribution is 2.22. The molecule has 1 fully saturated rings. The van der Waals surface area contributed by atoms with Gasteiger partial charge in [-0.1, -0.05) is 24.3 Å². The highest BCUT2D eigenvalue weighted by molar-refractivity contribution is 5.94. The first-order chi connectivity index (χ1) is 14.2. The highest BCUT2D eigenvalue weighted by Gasteiger charge is 2.21. The minimum Gasteiger partial charge on any atom is -0.390 e. The molecular weight excluding hydrogens is 368 g/mol. The Morgan fingerprint density at radius 3 is 2.66 bits per heavy atom. The van der Waals surface area contributed by atoms with Crippen LogP contribution < -0.4 is 10.6 Å². The maximum Gasteiger partial charge on any atom is 0.251 e. The molecule has 3 N–H and O–H groups in total. The average Bonchev–Trinajstić information content (AvgIpc) is 3.15. The van der Waals surface area contributed by atoms with Crippen molar-refractivity contribution in [1.29, 1.82) is 0 Å². The van der Waals surface area contributed by atoms with E-state index in [1.54, 1.807) is 18.3 Å². The number of hydrogen-bond donors (Lipinski definition) is 3. The summed E-state index contributed by atoms with van der Waals surface area (Å²) < 4.78 is 5.37. The van der Waals surface area contributed by atoms with Crippen molar-refractivity contribution in [2.75, 3.05) is 31.6 Å². The number of anilines is 1. The number of pyridine rings is 1. The molecule has 3 heterocycles. The zero-order valence-electron chi connectivity index (χ0n) is 16.5. The minimum absolute atomic E-state index is 0.203. The predicted molar refractivity (Wildman–Crippen MR) is 111 cm³/mol. The van der Waals surface area contributed by atoms with Crippen molar-refractivity contribution in [3.05, 3.63) is 59.3 Å². The van der Waals surface area contributed by atoms with E-state index in [1.807, 2.05) is 12.1 Å². The number of hydrogen-bond acceptors (Lipinski definition) is 6. The van der Waals surface area contributed by atoms with Gasteiger partial charge < -0.3 is 20.5 Å². The van der Waals surface area contributed by atoms with Crippen LogP contribution in [0.4, 0.5) is 5.82 Å². The quantitative estimate of drug-likeness (QED) is 0.661. The summed E-state index contributed by atoms with van der Waals surface area (Å²) in [5.74, 6) is 0.492. The van der Waals surface area contributed by atoms with Crippen LogP contribution in [0, 0.1) is 0 Å². The Morgan fingerprint density at radius 2 is 1.93 bits per heavy atom. The molecule has 7 heteroatoms. The fourth-order valence-electron chi connectivity index (χ4n) is 3.91. The normalized spacial score (nSPS) is 18.2. The number of nitrogens with one attached hydrogen (secondary N) is 2. The number of benzene rings is 1. The summed E-state index contributed by atoms with van der Waals surface area (Å²) in [6, 6.07) is 12.1. The van der Waals surface area contributed by atoms with Crippen LogP contribution in [0.5, 0.6) is 0 Å². The lowest BCUT2D eigenvalue weighted by Gasteiger charge is -2.23. The number of aliphatic hydroxyl groups is 1.